The molecule has 0 saturated carbocycles. The summed E-state index contributed by atoms with van der Waals surface area (Å²) < 4.78 is 19.0. The largest absolute Gasteiger partial charge is 0.450 e. The zero-order valence-corrected chi connectivity index (χ0v) is 15.5. The molecule has 1 unspecified atom stereocenters. The summed E-state index contributed by atoms with van der Waals surface area (Å²) in [5.41, 5.74) is 9.41. The number of nitrogens with two attached hydrogens (primary N) is 1. The van der Waals surface area contributed by atoms with Gasteiger partial charge in [0.05, 0.1) is 10.7 Å². The standard InChI is InChI=1S/C20H15ClFNO2S/c1-10-8-26-9-15(10)11-2-4-14-17(6-11)25-20(18(14)23)19(24)13-5-3-12(22)7-16(13)21/h2-7,9-10H,8,23H2,1H3. The van der Waals surface area contributed by atoms with Gasteiger partial charge in [-0.1, -0.05) is 24.6 Å². The normalized spacial score (nSPS) is 16.9. The molecule has 2 N–H and O–H groups in total. The van der Waals surface area contributed by atoms with Crippen LogP contribution >= 0.6 is 23.4 Å². The van der Waals surface area contributed by atoms with Gasteiger partial charge in [0.1, 0.15) is 11.4 Å². The lowest BCUT2D eigenvalue weighted by atomic mass is 9.96. The van der Waals surface area contributed by atoms with Gasteiger partial charge in [0, 0.05) is 16.7 Å². The number of hydrogen-bond donors (Lipinski definition) is 1. The molecule has 0 radical (unpaired) electrons. The van der Waals surface area contributed by atoms with Gasteiger partial charge in [-0.2, -0.15) is 0 Å². The van der Waals surface area contributed by atoms with E-state index in [2.05, 4.69) is 12.3 Å². The van der Waals surface area contributed by atoms with E-state index in [1.54, 1.807) is 11.8 Å². The van der Waals surface area contributed by atoms with Gasteiger partial charge in [0.2, 0.25) is 5.78 Å². The van der Waals surface area contributed by atoms with Gasteiger partial charge in [-0.05, 0) is 52.8 Å². The number of halogens is 2. The highest BCUT2D eigenvalue weighted by Crippen LogP contribution is 2.38. The Morgan fingerprint density at radius 1 is 1.31 bits per heavy atom. The summed E-state index contributed by atoms with van der Waals surface area (Å²) in [6.07, 6.45) is 0. The number of allylic oxidation sites excluding steroid dienone is 1. The molecule has 132 valence electrons. The third kappa shape index (κ3) is 2.81. The molecule has 3 nitrogen and oxygen atoms in total. The Labute approximate surface area is 159 Å². The number of thioether (sulfide) groups is 1. The molecule has 2 aromatic carbocycles. The Morgan fingerprint density at radius 3 is 2.81 bits per heavy atom. The van der Waals surface area contributed by atoms with Crippen LogP contribution in [0.2, 0.25) is 5.02 Å². The Bertz CT molecular complexity index is 1070. The second-order valence-corrected chi connectivity index (χ2v) is 7.63. The Hall–Kier alpha value is -2.24. The second kappa shape index (κ2) is 6.49. The molecule has 2 heterocycles. The molecule has 1 aliphatic heterocycles. The lowest BCUT2D eigenvalue weighted by Crippen LogP contribution is -2.04. The summed E-state index contributed by atoms with van der Waals surface area (Å²) >= 11 is 7.79. The molecule has 6 heteroatoms. The minimum absolute atomic E-state index is 0.0217. The zero-order chi connectivity index (χ0) is 18.4. The number of nitrogen functional groups attached to an aromatic ring is 1. The van der Waals surface area contributed by atoms with Gasteiger partial charge in [-0.25, -0.2) is 4.39 Å². The number of ketones is 1. The van der Waals surface area contributed by atoms with Crippen LogP contribution in [0.3, 0.4) is 0 Å². The van der Waals surface area contributed by atoms with E-state index in [1.165, 1.54) is 17.7 Å². The highest BCUT2D eigenvalue weighted by Gasteiger charge is 2.23. The lowest BCUT2D eigenvalue weighted by molar-refractivity contribution is 0.101. The molecule has 1 aliphatic rings. The summed E-state index contributed by atoms with van der Waals surface area (Å²) in [4.78, 5) is 12.8. The van der Waals surface area contributed by atoms with Crippen LogP contribution in [0.15, 0.2) is 46.2 Å². The molecule has 0 aliphatic carbocycles. The van der Waals surface area contributed by atoms with E-state index >= 15 is 0 Å². The first kappa shape index (κ1) is 17.2. The summed E-state index contributed by atoms with van der Waals surface area (Å²) in [5.74, 6) is 0.567. The highest BCUT2D eigenvalue weighted by atomic mass is 35.5. The van der Waals surface area contributed by atoms with Crippen LogP contribution in [0.1, 0.15) is 28.6 Å². The van der Waals surface area contributed by atoms with Crippen LogP contribution < -0.4 is 5.73 Å². The third-order valence-electron chi connectivity index (χ3n) is 4.53. The molecule has 1 atom stereocenters. The maximum absolute atomic E-state index is 13.2. The number of carbonyl (C=O) groups excluding carboxylic acids is 1. The van der Waals surface area contributed by atoms with E-state index in [0.29, 0.717) is 16.9 Å². The van der Waals surface area contributed by atoms with Crippen molar-refractivity contribution in [3.05, 3.63) is 69.5 Å². The molecule has 26 heavy (non-hydrogen) atoms. The molecular weight excluding hydrogens is 373 g/mol. The summed E-state index contributed by atoms with van der Waals surface area (Å²) in [5, 5.41) is 2.86. The second-order valence-electron chi connectivity index (χ2n) is 6.32. The predicted octanol–water partition coefficient (Wildman–Crippen LogP) is 5.76. The molecule has 3 aromatic rings. The van der Waals surface area contributed by atoms with Crippen molar-refractivity contribution >= 4 is 51.4 Å². The summed E-state index contributed by atoms with van der Waals surface area (Å²) in [6, 6.07) is 9.37. The average Bonchev–Trinajstić information content (AvgIpc) is 3.17. The van der Waals surface area contributed by atoms with Crippen molar-refractivity contribution in [2.24, 2.45) is 5.92 Å². The van der Waals surface area contributed by atoms with Crippen LogP contribution in [0.4, 0.5) is 10.1 Å². The smallest absolute Gasteiger partial charge is 0.231 e. The van der Waals surface area contributed by atoms with E-state index in [0.717, 1.165) is 17.4 Å². The number of rotatable bonds is 3. The number of hydrogen-bond acceptors (Lipinski definition) is 4. The first-order valence-corrected chi connectivity index (χ1v) is 9.52. The van der Waals surface area contributed by atoms with E-state index in [4.69, 9.17) is 21.8 Å². The van der Waals surface area contributed by atoms with E-state index in [1.807, 2.05) is 18.2 Å². The van der Waals surface area contributed by atoms with Gasteiger partial charge >= 0.3 is 0 Å². The average molecular weight is 388 g/mol. The molecule has 1 aromatic heterocycles. The minimum Gasteiger partial charge on any atom is -0.450 e. The van der Waals surface area contributed by atoms with Crippen LogP contribution in [-0.2, 0) is 0 Å². The molecule has 0 amide bonds. The van der Waals surface area contributed by atoms with Crippen molar-refractivity contribution < 1.29 is 13.6 Å². The quantitative estimate of drug-likeness (QED) is 0.580. The Balaban J connectivity index is 1.79. The maximum Gasteiger partial charge on any atom is 0.231 e. The predicted molar refractivity (Wildman–Crippen MR) is 105 cm³/mol. The van der Waals surface area contributed by atoms with Crippen molar-refractivity contribution in [2.45, 2.75) is 6.92 Å². The highest BCUT2D eigenvalue weighted by molar-refractivity contribution is 8.02. The van der Waals surface area contributed by atoms with Crippen molar-refractivity contribution in [1.29, 1.82) is 0 Å². The van der Waals surface area contributed by atoms with Crippen LogP contribution in [0, 0.1) is 11.7 Å². The van der Waals surface area contributed by atoms with Gasteiger partial charge in [0.15, 0.2) is 5.76 Å². The maximum atomic E-state index is 13.2. The van der Waals surface area contributed by atoms with Crippen LogP contribution in [-0.4, -0.2) is 11.5 Å². The molecular formula is C20H15ClFNO2S. The van der Waals surface area contributed by atoms with Gasteiger partial charge in [-0.15, -0.1) is 11.8 Å². The number of benzene rings is 2. The van der Waals surface area contributed by atoms with E-state index in [9.17, 15) is 9.18 Å². The number of furan rings is 1. The van der Waals surface area contributed by atoms with Crippen molar-refractivity contribution in [3.63, 3.8) is 0 Å². The molecule has 0 saturated heterocycles. The summed E-state index contributed by atoms with van der Waals surface area (Å²) in [6.45, 7) is 2.18. The van der Waals surface area contributed by atoms with Crippen molar-refractivity contribution in [2.75, 3.05) is 11.5 Å². The molecule has 0 fully saturated rings. The zero-order valence-electron chi connectivity index (χ0n) is 13.9. The lowest BCUT2D eigenvalue weighted by Gasteiger charge is -2.08. The summed E-state index contributed by atoms with van der Waals surface area (Å²) in [7, 11) is 0. The van der Waals surface area contributed by atoms with Crippen molar-refractivity contribution in [3.8, 4) is 0 Å². The fourth-order valence-electron chi connectivity index (χ4n) is 3.10. The first-order chi connectivity index (χ1) is 12.5. The Morgan fingerprint density at radius 2 is 2.12 bits per heavy atom. The van der Waals surface area contributed by atoms with E-state index in [-0.39, 0.29) is 22.0 Å². The Kier molecular flexibility index (Phi) is 4.29. The topological polar surface area (TPSA) is 56.2 Å². The minimum atomic E-state index is -0.509. The number of anilines is 1. The van der Waals surface area contributed by atoms with E-state index < -0.39 is 11.6 Å². The third-order valence-corrected chi connectivity index (χ3v) is 5.96. The molecule has 4 rings (SSSR count). The van der Waals surface area contributed by atoms with Gasteiger partial charge in [-0.3, -0.25) is 4.79 Å². The fourth-order valence-corrected chi connectivity index (χ4v) is 4.47. The van der Waals surface area contributed by atoms with Gasteiger partial charge in [0.25, 0.3) is 0 Å². The van der Waals surface area contributed by atoms with Crippen LogP contribution in [0.5, 0.6) is 0 Å². The monoisotopic (exact) mass is 387 g/mol. The van der Waals surface area contributed by atoms with Gasteiger partial charge < -0.3 is 10.2 Å². The van der Waals surface area contributed by atoms with Crippen LogP contribution in [0.25, 0.3) is 16.5 Å². The fraction of sp³-hybridized carbons (Fsp3) is 0.150. The van der Waals surface area contributed by atoms with Crippen molar-refractivity contribution in [1.82, 2.24) is 0 Å². The molecule has 0 bridgehead atoms. The SMILES string of the molecule is CC1CSC=C1c1ccc2c(N)c(C(=O)c3ccc(F)cc3Cl)oc2c1. The number of fused-ring (bicyclic) bond motifs is 1. The molecule has 0 spiro atoms. The first-order valence-electron chi connectivity index (χ1n) is 8.09. The number of carbonyl (C=O) groups is 1.